The fourth-order valence-electron chi connectivity index (χ4n) is 4.16. The molecular formula is C28H26FN7O2. The summed E-state index contributed by atoms with van der Waals surface area (Å²) in [5.74, 6) is 0.362. The Balaban J connectivity index is 1.45. The lowest BCUT2D eigenvalue weighted by Gasteiger charge is -2.26. The van der Waals surface area contributed by atoms with Crippen molar-refractivity contribution in [2.75, 3.05) is 5.73 Å². The predicted molar refractivity (Wildman–Crippen MR) is 140 cm³/mol. The molecule has 0 bridgehead atoms. The normalized spacial score (nSPS) is 13.8. The van der Waals surface area contributed by atoms with E-state index in [1.54, 1.807) is 35.0 Å². The number of aromatic nitrogens is 4. The van der Waals surface area contributed by atoms with Gasteiger partial charge in [0, 0.05) is 11.6 Å². The number of halogens is 1. The Hall–Kier alpha value is -4.78. The van der Waals surface area contributed by atoms with E-state index < -0.39 is 17.3 Å². The number of hydrogen-bond acceptors (Lipinski definition) is 7. The van der Waals surface area contributed by atoms with Crippen LogP contribution in [0.3, 0.4) is 0 Å². The summed E-state index contributed by atoms with van der Waals surface area (Å²) >= 11 is 0. The van der Waals surface area contributed by atoms with Crippen molar-refractivity contribution in [2.45, 2.75) is 38.8 Å². The van der Waals surface area contributed by atoms with Crippen LogP contribution >= 0.6 is 0 Å². The van der Waals surface area contributed by atoms with Crippen LogP contribution in [0.4, 0.5) is 10.2 Å². The van der Waals surface area contributed by atoms with Crippen molar-refractivity contribution in [1.82, 2.24) is 25.1 Å². The maximum absolute atomic E-state index is 15.3. The third-order valence-corrected chi connectivity index (χ3v) is 6.12. The molecule has 1 amide bonds. The Kier molecular flexibility index (Phi) is 6.51. The lowest BCUT2D eigenvalue weighted by Crippen LogP contribution is -2.47. The van der Waals surface area contributed by atoms with E-state index in [-0.39, 0.29) is 35.1 Å². The molecule has 38 heavy (non-hydrogen) atoms. The van der Waals surface area contributed by atoms with E-state index in [4.69, 9.17) is 10.5 Å². The van der Waals surface area contributed by atoms with Gasteiger partial charge in [-0.2, -0.15) is 10.4 Å². The van der Waals surface area contributed by atoms with Crippen molar-refractivity contribution in [2.24, 2.45) is 5.92 Å². The van der Waals surface area contributed by atoms with Gasteiger partial charge in [0.05, 0.1) is 17.5 Å². The number of rotatable bonds is 8. The highest BCUT2D eigenvalue weighted by molar-refractivity contribution is 5.99. The lowest BCUT2D eigenvalue weighted by atomic mass is 10.0. The molecule has 1 aliphatic rings. The van der Waals surface area contributed by atoms with Gasteiger partial charge in [-0.1, -0.05) is 24.3 Å². The van der Waals surface area contributed by atoms with Crippen molar-refractivity contribution < 1.29 is 13.9 Å². The van der Waals surface area contributed by atoms with Crippen molar-refractivity contribution in [1.29, 1.82) is 5.26 Å². The van der Waals surface area contributed by atoms with Crippen LogP contribution in [0.1, 0.15) is 26.7 Å². The van der Waals surface area contributed by atoms with Gasteiger partial charge in [-0.3, -0.25) is 4.79 Å². The first kappa shape index (κ1) is 24.9. The Morgan fingerprint density at radius 1 is 1.24 bits per heavy atom. The molecular weight excluding hydrogens is 485 g/mol. The molecule has 0 aliphatic heterocycles. The topological polar surface area (TPSA) is 132 Å². The van der Waals surface area contributed by atoms with Crippen LogP contribution in [0.15, 0.2) is 66.5 Å². The molecule has 2 aromatic heterocycles. The summed E-state index contributed by atoms with van der Waals surface area (Å²) in [6, 6.07) is 15.6. The highest BCUT2D eigenvalue weighted by Crippen LogP contribution is 2.35. The molecule has 1 aliphatic carbocycles. The number of carbonyl (C=O) groups is 1. The number of allylic oxidation sites excluding steroid dienone is 1. The third-order valence-electron chi connectivity index (χ3n) is 6.12. The molecule has 1 fully saturated rings. The number of nitrogens with zero attached hydrogens (tertiary/aromatic N) is 5. The number of nitrogens with one attached hydrogen (secondary N) is 1. The number of carbonyl (C=O) groups excluding carboxylic acids is 1. The molecule has 4 aromatic rings. The average molecular weight is 512 g/mol. The number of fused-ring (bicyclic) bond motifs is 1. The summed E-state index contributed by atoms with van der Waals surface area (Å²) in [5, 5.41) is 17.4. The lowest BCUT2D eigenvalue weighted by molar-refractivity contribution is -0.118. The quantitative estimate of drug-likeness (QED) is 0.257. The van der Waals surface area contributed by atoms with Crippen molar-refractivity contribution in [3.05, 3.63) is 72.3 Å². The zero-order chi connectivity index (χ0) is 26.9. The van der Waals surface area contributed by atoms with Gasteiger partial charge < -0.3 is 15.8 Å². The average Bonchev–Trinajstić information content (AvgIpc) is 3.63. The van der Waals surface area contributed by atoms with Crippen LogP contribution in [-0.2, 0) is 11.3 Å². The van der Waals surface area contributed by atoms with Gasteiger partial charge in [0.25, 0.3) is 5.91 Å². The van der Waals surface area contributed by atoms with Gasteiger partial charge in [-0.05, 0) is 56.9 Å². The Morgan fingerprint density at radius 2 is 2.00 bits per heavy atom. The first-order valence-corrected chi connectivity index (χ1v) is 12.2. The molecule has 3 N–H and O–H groups in total. The van der Waals surface area contributed by atoms with Gasteiger partial charge in [-0.15, -0.1) is 0 Å². The highest BCUT2D eigenvalue weighted by Gasteiger charge is 2.28. The molecule has 5 rings (SSSR count). The van der Waals surface area contributed by atoms with E-state index in [9.17, 15) is 10.1 Å². The van der Waals surface area contributed by atoms with Crippen molar-refractivity contribution >= 4 is 22.8 Å². The first-order valence-electron chi connectivity index (χ1n) is 12.2. The molecule has 2 heterocycles. The predicted octanol–water partition coefficient (Wildman–Crippen LogP) is 4.76. The van der Waals surface area contributed by atoms with Gasteiger partial charge in [0.15, 0.2) is 5.65 Å². The monoisotopic (exact) mass is 511 g/mol. The van der Waals surface area contributed by atoms with Gasteiger partial charge in [0.1, 0.15) is 46.8 Å². The van der Waals surface area contributed by atoms with E-state index in [1.165, 1.54) is 12.4 Å². The molecule has 0 spiro atoms. The van der Waals surface area contributed by atoms with Crippen molar-refractivity contribution in [3.8, 4) is 28.8 Å². The molecule has 2 aromatic carbocycles. The van der Waals surface area contributed by atoms with Crippen LogP contribution in [-0.4, -0.2) is 31.2 Å². The second kappa shape index (κ2) is 9.94. The minimum Gasteiger partial charge on any atom is -0.457 e. The number of ether oxygens (including phenoxy) is 1. The number of hydrogen-bond donors (Lipinski definition) is 2. The fraction of sp³-hybridized carbons (Fsp3) is 0.250. The van der Waals surface area contributed by atoms with Crippen LogP contribution in [0.25, 0.3) is 22.3 Å². The SMILES string of the molecule is CC(C)(Cn1nc(-c2ccc(Oc3ccccc3)cc2F)c2c(N)ncnc21)NC(=O)C(C#N)=CC1CC1. The summed E-state index contributed by atoms with van der Waals surface area (Å²) < 4.78 is 22.7. The number of nitrogens with two attached hydrogens (primary N) is 1. The van der Waals surface area contributed by atoms with Crippen LogP contribution in [0.2, 0.25) is 0 Å². The van der Waals surface area contributed by atoms with E-state index >= 15 is 4.39 Å². The Labute approximate surface area is 218 Å². The second-order valence-electron chi connectivity index (χ2n) is 9.89. The minimum absolute atomic E-state index is 0.0954. The maximum Gasteiger partial charge on any atom is 0.262 e. The first-order chi connectivity index (χ1) is 18.2. The van der Waals surface area contributed by atoms with Gasteiger partial charge in [0.2, 0.25) is 0 Å². The molecule has 0 atom stereocenters. The highest BCUT2D eigenvalue weighted by atomic mass is 19.1. The Morgan fingerprint density at radius 3 is 2.68 bits per heavy atom. The standard InChI is InChI=1S/C28H26FN7O2/c1-28(2,34-27(37)18(14-30)12-17-8-9-17)15-36-26-23(25(31)32-16-33-26)24(35-36)21-11-10-20(13-22(21)29)38-19-6-4-3-5-7-19/h3-7,10-13,16-17H,8-9,15H2,1-2H3,(H,34,37)(H2,31,32,33). The summed E-state index contributed by atoms with van der Waals surface area (Å²) in [5.41, 5.74) is 6.33. The zero-order valence-electron chi connectivity index (χ0n) is 21.0. The number of nitriles is 1. The Bertz CT molecular complexity index is 1580. The number of benzene rings is 2. The third kappa shape index (κ3) is 5.32. The van der Waals surface area contributed by atoms with Crippen LogP contribution < -0.4 is 15.8 Å². The molecule has 0 unspecified atom stereocenters. The minimum atomic E-state index is -0.821. The molecule has 0 radical (unpaired) electrons. The van der Waals surface area contributed by atoms with Crippen LogP contribution in [0, 0.1) is 23.1 Å². The summed E-state index contributed by atoms with van der Waals surface area (Å²) in [6.45, 7) is 3.81. The van der Waals surface area contributed by atoms with Crippen LogP contribution in [0.5, 0.6) is 11.5 Å². The smallest absolute Gasteiger partial charge is 0.262 e. The zero-order valence-corrected chi connectivity index (χ0v) is 21.0. The largest absolute Gasteiger partial charge is 0.457 e. The maximum atomic E-state index is 15.3. The van der Waals surface area contributed by atoms with Gasteiger partial charge in [-0.25, -0.2) is 19.0 Å². The summed E-state index contributed by atoms with van der Waals surface area (Å²) in [4.78, 5) is 21.2. The van der Waals surface area contributed by atoms with E-state index in [2.05, 4.69) is 20.4 Å². The summed E-state index contributed by atoms with van der Waals surface area (Å²) in [7, 11) is 0. The fourth-order valence-corrected chi connectivity index (χ4v) is 4.16. The molecule has 192 valence electrons. The molecule has 0 saturated heterocycles. The number of nitrogen functional groups attached to an aromatic ring is 1. The number of para-hydroxylation sites is 1. The van der Waals surface area contributed by atoms with Gasteiger partial charge >= 0.3 is 0 Å². The molecule has 9 nitrogen and oxygen atoms in total. The van der Waals surface area contributed by atoms with E-state index in [1.807, 2.05) is 38.1 Å². The second-order valence-corrected chi connectivity index (χ2v) is 9.89. The summed E-state index contributed by atoms with van der Waals surface area (Å²) in [6.07, 6.45) is 5.00. The van der Waals surface area contributed by atoms with E-state index in [0.717, 1.165) is 12.8 Å². The molecule has 10 heteroatoms. The number of amides is 1. The van der Waals surface area contributed by atoms with E-state index in [0.29, 0.717) is 22.5 Å². The number of anilines is 1. The van der Waals surface area contributed by atoms with Crippen molar-refractivity contribution in [3.63, 3.8) is 0 Å². The molecule has 1 saturated carbocycles.